The van der Waals surface area contributed by atoms with Gasteiger partial charge in [-0.3, -0.25) is 0 Å². The minimum atomic E-state index is 0.512. The highest BCUT2D eigenvalue weighted by molar-refractivity contribution is 8.04. The molecule has 0 aliphatic carbocycles. The van der Waals surface area contributed by atoms with E-state index in [-0.39, 0.29) is 0 Å². The Kier molecular flexibility index (Phi) is 5.15. The predicted octanol–water partition coefficient (Wildman–Crippen LogP) is 4.36. The average molecular weight is 253 g/mol. The van der Waals surface area contributed by atoms with Crippen molar-refractivity contribution in [3.8, 4) is 0 Å². The molecule has 0 saturated carbocycles. The first kappa shape index (κ1) is 12.9. The molecule has 84 valence electrons. The molecule has 0 amide bonds. The summed E-state index contributed by atoms with van der Waals surface area (Å²) in [5, 5.41) is 0.512. The first-order valence-corrected chi connectivity index (χ1v) is 5.88. The Morgan fingerprint density at radius 2 is 2.25 bits per heavy atom. The topological polar surface area (TPSA) is 24.9 Å². The van der Waals surface area contributed by atoms with E-state index in [1.807, 2.05) is 25.1 Å². The molecule has 0 spiro atoms. The van der Waals surface area contributed by atoms with E-state index in [4.69, 9.17) is 11.6 Å². The van der Waals surface area contributed by atoms with Crippen molar-refractivity contribution in [2.24, 2.45) is 0 Å². The van der Waals surface area contributed by atoms with Crippen LogP contribution in [-0.4, -0.2) is 4.98 Å². The third-order valence-electron chi connectivity index (χ3n) is 1.79. The van der Waals surface area contributed by atoms with Gasteiger partial charge >= 0.3 is 0 Å². The van der Waals surface area contributed by atoms with Gasteiger partial charge in [-0.05, 0) is 36.6 Å². The van der Waals surface area contributed by atoms with Crippen LogP contribution in [-0.2, 0) is 0 Å². The second kappa shape index (κ2) is 6.40. The number of hydrogen-bond acceptors (Lipinski definition) is 3. The molecular weight excluding hydrogens is 240 g/mol. The van der Waals surface area contributed by atoms with Gasteiger partial charge < -0.3 is 4.72 Å². The summed E-state index contributed by atoms with van der Waals surface area (Å²) in [7, 11) is 0. The summed E-state index contributed by atoms with van der Waals surface area (Å²) >= 11 is 7.33. The summed E-state index contributed by atoms with van der Waals surface area (Å²) in [6.07, 6.45) is 5.32. The zero-order chi connectivity index (χ0) is 12.0. The molecule has 1 rings (SSSR count). The molecule has 2 nitrogen and oxygen atoms in total. The largest absolute Gasteiger partial charge is 0.310 e. The third-order valence-corrected chi connectivity index (χ3v) is 3.02. The number of halogens is 1. The van der Waals surface area contributed by atoms with Crippen LogP contribution < -0.4 is 4.72 Å². The van der Waals surface area contributed by atoms with Crippen LogP contribution in [0.15, 0.2) is 48.4 Å². The Hall–Kier alpha value is -1.19. The molecule has 0 aliphatic rings. The van der Waals surface area contributed by atoms with Crippen LogP contribution in [0.1, 0.15) is 5.56 Å². The fourth-order valence-electron chi connectivity index (χ4n) is 0.932. The molecule has 0 radical (unpaired) electrons. The van der Waals surface area contributed by atoms with E-state index in [1.54, 1.807) is 12.2 Å². The minimum Gasteiger partial charge on any atom is -0.310 e. The van der Waals surface area contributed by atoms with E-state index < -0.39 is 0 Å². The van der Waals surface area contributed by atoms with Crippen LogP contribution in [0, 0.1) is 6.92 Å². The first-order chi connectivity index (χ1) is 7.67. The van der Waals surface area contributed by atoms with Crippen molar-refractivity contribution in [1.29, 1.82) is 0 Å². The average Bonchev–Trinajstić information content (AvgIpc) is 2.28. The smallest absolute Gasteiger partial charge is 0.137 e. The van der Waals surface area contributed by atoms with Crippen LogP contribution in [0.2, 0.25) is 5.15 Å². The summed E-state index contributed by atoms with van der Waals surface area (Å²) in [5.74, 6) is 0.720. The Morgan fingerprint density at radius 1 is 1.50 bits per heavy atom. The number of allylic oxidation sites excluding steroid dienone is 3. The summed E-state index contributed by atoms with van der Waals surface area (Å²) in [5.41, 5.74) is 0.961. The quantitative estimate of drug-likeness (QED) is 0.479. The molecule has 1 N–H and O–H groups in total. The summed E-state index contributed by atoms with van der Waals surface area (Å²) in [6, 6.07) is 3.80. The van der Waals surface area contributed by atoms with Crippen molar-refractivity contribution < 1.29 is 0 Å². The maximum Gasteiger partial charge on any atom is 0.137 e. The number of nitrogens with one attached hydrogen (secondary N) is 1. The highest BCUT2D eigenvalue weighted by Crippen LogP contribution is 2.21. The fourth-order valence-corrected chi connectivity index (χ4v) is 1.67. The number of hydrogen-bond donors (Lipinski definition) is 1. The number of rotatable bonds is 5. The van der Waals surface area contributed by atoms with Gasteiger partial charge in [-0.2, -0.15) is 0 Å². The zero-order valence-corrected chi connectivity index (χ0v) is 10.6. The van der Waals surface area contributed by atoms with Crippen LogP contribution in [0.5, 0.6) is 0 Å². The molecule has 0 aromatic carbocycles. The van der Waals surface area contributed by atoms with E-state index >= 15 is 0 Å². The molecule has 0 bridgehead atoms. The lowest BCUT2D eigenvalue weighted by molar-refractivity contribution is 1.28. The highest BCUT2D eigenvalue weighted by Gasteiger charge is 1.99. The molecule has 1 aromatic heterocycles. The number of pyridine rings is 1. The Morgan fingerprint density at radius 3 is 2.81 bits per heavy atom. The molecule has 4 heteroatoms. The Bertz CT molecular complexity index is 427. The van der Waals surface area contributed by atoms with E-state index in [0.717, 1.165) is 16.3 Å². The van der Waals surface area contributed by atoms with Crippen LogP contribution in [0.25, 0.3) is 0 Å². The minimum absolute atomic E-state index is 0.512. The van der Waals surface area contributed by atoms with E-state index in [9.17, 15) is 0 Å². The first-order valence-electron chi connectivity index (χ1n) is 4.68. The summed E-state index contributed by atoms with van der Waals surface area (Å²) in [6.45, 7) is 9.24. The van der Waals surface area contributed by atoms with Crippen molar-refractivity contribution in [2.45, 2.75) is 6.92 Å². The van der Waals surface area contributed by atoms with Gasteiger partial charge in [-0.15, -0.1) is 0 Å². The molecule has 0 atom stereocenters. The van der Waals surface area contributed by atoms with Gasteiger partial charge in [0.15, 0.2) is 0 Å². The number of aryl methyl sites for hydroxylation is 1. The Balaban J connectivity index is 2.67. The standard InChI is InChI=1S/C12H13ClN2S/c1-4-6-10(5-2)16-15-11-8-7-9(3)12(13)14-11/h4-8H,1-2H2,3H3,(H,14,15)/b10-6+. The van der Waals surface area contributed by atoms with E-state index in [2.05, 4.69) is 22.9 Å². The van der Waals surface area contributed by atoms with Crippen LogP contribution in [0.3, 0.4) is 0 Å². The molecule has 1 heterocycles. The summed E-state index contributed by atoms with van der Waals surface area (Å²) in [4.78, 5) is 5.15. The summed E-state index contributed by atoms with van der Waals surface area (Å²) < 4.78 is 3.08. The lowest BCUT2D eigenvalue weighted by Crippen LogP contribution is -1.92. The van der Waals surface area contributed by atoms with Gasteiger partial charge in [0.25, 0.3) is 0 Å². The van der Waals surface area contributed by atoms with Crippen LogP contribution in [0.4, 0.5) is 5.82 Å². The van der Waals surface area contributed by atoms with Crippen molar-refractivity contribution in [2.75, 3.05) is 4.72 Å². The SMILES string of the molecule is C=C/C=C(\C=C)SNc1ccc(C)c(Cl)n1. The monoisotopic (exact) mass is 252 g/mol. The highest BCUT2D eigenvalue weighted by atomic mass is 35.5. The van der Waals surface area contributed by atoms with Gasteiger partial charge in [0.1, 0.15) is 11.0 Å². The van der Waals surface area contributed by atoms with Crippen molar-refractivity contribution >= 4 is 29.4 Å². The van der Waals surface area contributed by atoms with Crippen LogP contribution >= 0.6 is 23.5 Å². The van der Waals surface area contributed by atoms with Gasteiger partial charge in [0.05, 0.1) is 0 Å². The zero-order valence-electron chi connectivity index (χ0n) is 9.03. The molecule has 16 heavy (non-hydrogen) atoms. The van der Waals surface area contributed by atoms with Crippen molar-refractivity contribution in [3.63, 3.8) is 0 Å². The van der Waals surface area contributed by atoms with Gasteiger partial charge in [0.2, 0.25) is 0 Å². The third kappa shape index (κ3) is 3.76. The lowest BCUT2D eigenvalue weighted by atomic mass is 10.3. The molecule has 0 saturated heterocycles. The number of anilines is 1. The maximum absolute atomic E-state index is 5.91. The van der Waals surface area contributed by atoms with Gasteiger partial charge in [-0.25, -0.2) is 4.98 Å². The van der Waals surface area contributed by atoms with E-state index in [0.29, 0.717) is 5.15 Å². The molecular formula is C12H13ClN2S. The number of nitrogens with zero attached hydrogens (tertiary/aromatic N) is 1. The maximum atomic E-state index is 5.91. The second-order valence-corrected chi connectivity index (χ2v) is 4.25. The number of aromatic nitrogens is 1. The molecule has 0 unspecified atom stereocenters. The second-order valence-electron chi connectivity index (χ2n) is 3.02. The van der Waals surface area contributed by atoms with Crippen molar-refractivity contribution in [3.05, 3.63) is 59.1 Å². The fraction of sp³-hybridized carbons (Fsp3) is 0.0833. The molecule has 0 aliphatic heterocycles. The Labute approximate surface area is 105 Å². The van der Waals surface area contributed by atoms with Gasteiger partial charge in [0, 0.05) is 4.91 Å². The lowest BCUT2D eigenvalue weighted by Gasteiger charge is -2.05. The molecule has 0 fully saturated rings. The van der Waals surface area contributed by atoms with Gasteiger partial charge in [-0.1, -0.05) is 43.0 Å². The normalized spacial score (nSPS) is 11.0. The predicted molar refractivity (Wildman–Crippen MR) is 73.7 cm³/mol. The van der Waals surface area contributed by atoms with Crippen molar-refractivity contribution in [1.82, 2.24) is 4.98 Å². The van der Waals surface area contributed by atoms with E-state index in [1.165, 1.54) is 11.9 Å². The molecule has 1 aromatic rings.